The molecule has 0 spiro atoms. The molecule has 1 aliphatic rings. The molecule has 1 aliphatic heterocycles. The highest BCUT2D eigenvalue weighted by atomic mass is 32.2. The quantitative estimate of drug-likeness (QED) is 0.847. The zero-order valence-electron chi connectivity index (χ0n) is 13.4. The molecule has 1 saturated heterocycles. The Morgan fingerprint density at radius 3 is 2.70 bits per heavy atom. The number of hydrogen-bond donors (Lipinski definition) is 0. The highest BCUT2D eigenvalue weighted by Crippen LogP contribution is 2.41. The predicted molar refractivity (Wildman–Crippen MR) is 90.4 cm³/mol. The maximum Gasteiger partial charge on any atom is 0.255 e. The summed E-state index contributed by atoms with van der Waals surface area (Å²) in [6.07, 6.45) is 1.65. The maximum absolute atomic E-state index is 13.1. The Balaban J connectivity index is 2.03. The van der Waals surface area contributed by atoms with Gasteiger partial charge in [0, 0.05) is 12.1 Å². The summed E-state index contributed by atoms with van der Waals surface area (Å²) in [5.74, 6) is 0.733. The molecule has 2 heterocycles. The van der Waals surface area contributed by atoms with Gasteiger partial charge in [0.1, 0.15) is 5.75 Å². The van der Waals surface area contributed by atoms with E-state index in [1.165, 1.54) is 11.3 Å². The minimum Gasteiger partial charge on any atom is -0.496 e. The van der Waals surface area contributed by atoms with Gasteiger partial charge in [0.25, 0.3) is 10.0 Å². The molecule has 2 aromatic rings. The number of aryl methyl sites for hydroxylation is 2. The van der Waals surface area contributed by atoms with Crippen LogP contribution < -0.4 is 4.74 Å². The Hall–Kier alpha value is -1.44. The van der Waals surface area contributed by atoms with Crippen molar-refractivity contribution in [2.45, 2.75) is 36.9 Å². The highest BCUT2D eigenvalue weighted by molar-refractivity contribution is 7.91. The van der Waals surface area contributed by atoms with Gasteiger partial charge in [0.2, 0.25) is 0 Å². The van der Waals surface area contributed by atoms with Gasteiger partial charge in [-0.25, -0.2) is 13.4 Å². The Morgan fingerprint density at radius 2 is 2.04 bits per heavy atom. The summed E-state index contributed by atoms with van der Waals surface area (Å²) in [5, 5.41) is 0.772. The molecule has 1 unspecified atom stereocenters. The van der Waals surface area contributed by atoms with E-state index in [0.29, 0.717) is 16.4 Å². The van der Waals surface area contributed by atoms with Crippen molar-refractivity contribution in [3.05, 3.63) is 40.5 Å². The van der Waals surface area contributed by atoms with Crippen molar-refractivity contribution < 1.29 is 13.2 Å². The molecular formula is C16H20N2O3S2. The topological polar surface area (TPSA) is 59.5 Å². The first kappa shape index (κ1) is 16.4. The fourth-order valence-corrected chi connectivity index (χ4v) is 6.41. The molecular weight excluding hydrogens is 332 g/mol. The smallest absolute Gasteiger partial charge is 0.255 e. The number of methoxy groups -OCH3 is 1. The summed E-state index contributed by atoms with van der Waals surface area (Å²) >= 11 is 1.24. The number of rotatable bonds is 4. The molecule has 3 rings (SSSR count). The summed E-state index contributed by atoms with van der Waals surface area (Å²) in [7, 11) is -1.92. The van der Waals surface area contributed by atoms with Crippen LogP contribution in [0.2, 0.25) is 0 Å². The molecule has 124 valence electrons. The second-order valence-corrected chi connectivity index (χ2v) is 8.91. The summed E-state index contributed by atoms with van der Waals surface area (Å²) in [4.78, 5) is 4.27. The van der Waals surface area contributed by atoms with Crippen molar-refractivity contribution >= 4 is 21.4 Å². The fourth-order valence-electron chi connectivity index (χ4n) is 3.14. The molecule has 7 heteroatoms. The molecule has 1 fully saturated rings. The molecule has 5 nitrogen and oxygen atoms in total. The first-order valence-corrected chi connectivity index (χ1v) is 9.79. The summed E-state index contributed by atoms with van der Waals surface area (Å²) in [6, 6.07) is 7.46. The Morgan fingerprint density at radius 1 is 1.30 bits per heavy atom. The van der Waals surface area contributed by atoms with Gasteiger partial charge in [0.15, 0.2) is 4.21 Å². The van der Waals surface area contributed by atoms with E-state index in [1.807, 2.05) is 31.2 Å². The lowest BCUT2D eigenvalue weighted by molar-refractivity contribution is 0.367. The third-order valence-corrected chi connectivity index (χ3v) is 7.67. The zero-order chi connectivity index (χ0) is 16.6. The molecule has 0 radical (unpaired) electrons. The molecule has 1 aromatic carbocycles. The second kappa shape index (κ2) is 6.22. The fraction of sp³-hybridized carbons (Fsp3) is 0.438. The van der Waals surface area contributed by atoms with Gasteiger partial charge in [0.05, 0.1) is 23.9 Å². The lowest BCUT2D eigenvalue weighted by Crippen LogP contribution is -2.30. The van der Waals surface area contributed by atoms with Crippen LogP contribution in [0.1, 0.15) is 35.1 Å². The van der Waals surface area contributed by atoms with E-state index in [9.17, 15) is 8.42 Å². The van der Waals surface area contributed by atoms with E-state index >= 15 is 0 Å². The van der Waals surface area contributed by atoms with Crippen molar-refractivity contribution in [1.82, 2.24) is 9.29 Å². The monoisotopic (exact) mass is 352 g/mol. The SMILES string of the molecule is COc1ccccc1C1CCCN1S(=O)(=O)c1sc(C)nc1C. The van der Waals surface area contributed by atoms with E-state index in [4.69, 9.17) is 4.74 Å². The van der Waals surface area contributed by atoms with Crippen molar-refractivity contribution in [3.63, 3.8) is 0 Å². The maximum atomic E-state index is 13.1. The van der Waals surface area contributed by atoms with Gasteiger partial charge in [-0.15, -0.1) is 11.3 Å². The molecule has 0 bridgehead atoms. The van der Waals surface area contributed by atoms with Crippen LogP contribution in [0.5, 0.6) is 5.75 Å². The Kier molecular flexibility index (Phi) is 4.44. The van der Waals surface area contributed by atoms with E-state index < -0.39 is 10.0 Å². The molecule has 0 aliphatic carbocycles. The predicted octanol–water partition coefficient (Wildman–Crippen LogP) is 3.29. The molecule has 1 aromatic heterocycles. The number of hydrogen-bond acceptors (Lipinski definition) is 5. The summed E-state index contributed by atoms with van der Waals surface area (Å²) < 4.78 is 33.6. The minimum absolute atomic E-state index is 0.182. The van der Waals surface area contributed by atoms with Gasteiger partial charge in [-0.3, -0.25) is 0 Å². The van der Waals surface area contributed by atoms with E-state index in [1.54, 1.807) is 18.3 Å². The lowest BCUT2D eigenvalue weighted by Gasteiger charge is -2.25. The van der Waals surface area contributed by atoms with Crippen LogP contribution in [0.4, 0.5) is 0 Å². The van der Waals surface area contributed by atoms with E-state index in [0.717, 1.165) is 29.2 Å². The van der Waals surface area contributed by atoms with Crippen LogP contribution >= 0.6 is 11.3 Å². The lowest BCUT2D eigenvalue weighted by atomic mass is 10.0. The van der Waals surface area contributed by atoms with Crippen LogP contribution in [0.15, 0.2) is 28.5 Å². The first-order chi connectivity index (χ1) is 10.9. The van der Waals surface area contributed by atoms with E-state index in [-0.39, 0.29) is 6.04 Å². The first-order valence-electron chi connectivity index (χ1n) is 7.54. The molecule has 0 saturated carbocycles. The number of sulfonamides is 1. The van der Waals surface area contributed by atoms with Crippen molar-refractivity contribution in [1.29, 1.82) is 0 Å². The Bertz CT molecular complexity index is 814. The van der Waals surface area contributed by atoms with Gasteiger partial charge in [-0.1, -0.05) is 18.2 Å². The molecule has 0 N–H and O–H groups in total. The standard InChI is InChI=1S/C16H20N2O3S2/c1-11-16(22-12(2)17-11)23(19,20)18-10-6-8-14(18)13-7-4-5-9-15(13)21-3/h4-5,7,9,14H,6,8,10H2,1-3H3. The molecule has 23 heavy (non-hydrogen) atoms. The van der Waals surface area contributed by atoms with Crippen LogP contribution in [0.25, 0.3) is 0 Å². The van der Waals surface area contributed by atoms with Crippen LogP contribution in [0, 0.1) is 13.8 Å². The van der Waals surface area contributed by atoms with Crippen molar-refractivity contribution in [2.24, 2.45) is 0 Å². The third kappa shape index (κ3) is 2.88. The minimum atomic E-state index is -3.54. The number of ether oxygens (including phenoxy) is 1. The largest absolute Gasteiger partial charge is 0.496 e. The van der Waals surface area contributed by atoms with Crippen LogP contribution in [0.3, 0.4) is 0 Å². The van der Waals surface area contributed by atoms with Gasteiger partial charge in [-0.2, -0.15) is 4.31 Å². The number of thiazole rings is 1. The normalized spacial score (nSPS) is 19.2. The highest BCUT2D eigenvalue weighted by Gasteiger charge is 2.39. The Labute approximate surface area is 141 Å². The van der Waals surface area contributed by atoms with E-state index in [2.05, 4.69) is 4.98 Å². The average Bonchev–Trinajstić information content (AvgIpc) is 3.14. The number of benzene rings is 1. The van der Waals surface area contributed by atoms with Crippen molar-refractivity contribution in [3.8, 4) is 5.75 Å². The molecule has 1 atom stereocenters. The number of para-hydroxylation sites is 1. The second-order valence-electron chi connectivity index (χ2n) is 5.62. The van der Waals surface area contributed by atoms with Crippen molar-refractivity contribution in [2.75, 3.05) is 13.7 Å². The number of nitrogens with zero attached hydrogens (tertiary/aromatic N) is 2. The van der Waals surface area contributed by atoms with Gasteiger partial charge < -0.3 is 4.74 Å². The van der Waals surface area contributed by atoms with Gasteiger partial charge >= 0.3 is 0 Å². The van der Waals surface area contributed by atoms with Crippen LogP contribution in [-0.2, 0) is 10.0 Å². The third-order valence-electron chi connectivity index (χ3n) is 4.11. The van der Waals surface area contributed by atoms with Gasteiger partial charge in [-0.05, 0) is 32.8 Å². The van der Waals surface area contributed by atoms with Crippen LogP contribution in [-0.4, -0.2) is 31.4 Å². The summed E-state index contributed by atoms with van der Waals surface area (Å²) in [5.41, 5.74) is 1.51. The summed E-state index contributed by atoms with van der Waals surface area (Å²) in [6.45, 7) is 4.12. The number of aromatic nitrogens is 1. The average molecular weight is 352 g/mol. The molecule has 0 amide bonds. The zero-order valence-corrected chi connectivity index (χ0v) is 15.1.